The number of ketones is 1. The summed E-state index contributed by atoms with van der Waals surface area (Å²) >= 11 is 0. The molecule has 170 valence electrons. The number of Topliss-reactive ketones (excluding diaryl/α,β-unsaturated/α-hetero) is 1. The van der Waals surface area contributed by atoms with E-state index in [2.05, 4.69) is 25.8 Å². The molecule has 0 spiro atoms. The predicted molar refractivity (Wildman–Crippen MR) is 130 cm³/mol. The maximum atomic E-state index is 13.6. The van der Waals surface area contributed by atoms with Crippen LogP contribution in [0, 0.1) is 0 Å². The molecule has 1 unspecified atom stereocenters. The molecule has 0 fully saturated rings. The number of carbonyl (C=O) groups is 2. The van der Waals surface area contributed by atoms with Gasteiger partial charge >= 0.3 is 0 Å². The summed E-state index contributed by atoms with van der Waals surface area (Å²) in [6.07, 6.45) is 1.60. The molecule has 0 saturated heterocycles. The Hall–Kier alpha value is -4.19. The normalized spacial score (nSPS) is 16.5. The van der Waals surface area contributed by atoms with Gasteiger partial charge in [0.2, 0.25) is 5.78 Å². The Balaban J connectivity index is 1.62. The van der Waals surface area contributed by atoms with Crippen molar-refractivity contribution in [2.45, 2.75) is 32.2 Å². The van der Waals surface area contributed by atoms with Crippen LogP contribution in [0.3, 0.4) is 0 Å². The van der Waals surface area contributed by atoms with Crippen LogP contribution < -0.4 is 4.90 Å². The summed E-state index contributed by atoms with van der Waals surface area (Å²) < 4.78 is 5.76. The largest absolute Gasteiger partial charge is 0.503 e. The van der Waals surface area contributed by atoms with Crippen molar-refractivity contribution in [1.29, 1.82) is 0 Å². The predicted octanol–water partition coefficient (Wildman–Crippen LogP) is 5.91. The van der Waals surface area contributed by atoms with E-state index in [1.807, 2.05) is 42.5 Å². The number of para-hydroxylation sites is 1. The van der Waals surface area contributed by atoms with Gasteiger partial charge in [-0.3, -0.25) is 19.5 Å². The molecule has 2 aromatic carbocycles. The second-order valence-corrected chi connectivity index (χ2v) is 9.37. The van der Waals surface area contributed by atoms with Gasteiger partial charge in [-0.2, -0.15) is 0 Å². The van der Waals surface area contributed by atoms with Gasteiger partial charge in [0, 0.05) is 17.3 Å². The first kappa shape index (κ1) is 21.6. The first-order valence-corrected chi connectivity index (χ1v) is 11.1. The Bertz CT molecular complexity index is 1390. The third-order valence-corrected chi connectivity index (χ3v) is 6.08. The number of anilines is 1. The van der Waals surface area contributed by atoms with Crippen LogP contribution in [0.1, 0.15) is 48.6 Å². The van der Waals surface area contributed by atoms with E-state index in [0.29, 0.717) is 17.0 Å². The second kappa shape index (κ2) is 7.99. The minimum atomic E-state index is -0.894. The van der Waals surface area contributed by atoms with Crippen LogP contribution in [0.2, 0.25) is 0 Å². The van der Waals surface area contributed by atoms with Crippen molar-refractivity contribution in [2.24, 2.45) is 0 Å². The molecule has 0 saturated carbocycles. The highest BCUT2D eigenvalue weighted by Crippen LogP contribution is 2.42. The van der Waals surface area contributed by atoms with Crippen LogP contribution in [0.15, 0.2) is 94.7 Å². The van der Waals surface area contributed by atoms with Gasteiger partial charge in [0.05, 0.1) is 11.3 Å². The molecule has 1 N–H and O–H groups in total. The summed E-state index contributed by atoms with van der Waals surface area (Å²) in [6.45, 7) is 6.32. The summed E-state index contributed by atoms with van der Waals surface area (Å²) in [5.41, 5.74) is 2.58. The quantitative estimate of drug-likeness (QED) is 0.389. The summed E-state index contributed by atoms with van der Waals surface area (Å²) in [6, 6.07) is 20.8. The Kier molecular flexibility index (Phi) is 5.09. The Labute approximate surface area is 197 Å². The van der Waals surface area contributed by atoms with Gasteiger partial charge in [-0.15, -0.1) is 0 Å². The highest BCUT2D eigenvalue weighted by molar-refractivity contribution is 6.20. The van der Waals surface area contributed by atoms with Crippen molar-refractivity contribution < 1.29 is 19.1 Å². The van der Waals surface area contributed by atoms with Crippen molar-refractivity contribution in [2.75, 3.05) is 4.90 Å². The van der Waals surface area contributed by atoms with Crippen LogP contribution in [-0.4, -0.2) is 21.8 Å². The standard InChI is InChI=1S/C28H24N2O4/c1-28(2,3)18-11-13-19(14-12-18)30-24(20-9-6-7-15-29-20)23(26(32)27(30)33)25(31)22-16-17-8-4-5-10-21(17)34-22/h4-16,24,32H,1-3H3. The molecule has 1 amide bonds. The smallest absolute Gasteiger partial charge is 0.294 e. The zero-order valence-electron chi connectivity index (χ0n) is 19.1. The molecule has 1 atom stereocenters. The zero-order valence-corrected chi connectivity index (χ0v) is 19.1. The molecule has 34 heavy (non-hydrogen) atoms. The maximum Gasteiger partial charge on any atom is 0.294 e. The molecule has 3 heterocycles. The number of fused-ring (bicyclic) bond motifs is 1. The molecule has 2 aromatic heterocycles. The maximum absolute atomic E-state index is 13.6. The van der Waals surface area contributed by atoms with E-state index in [1.165, 1.54) is 4.90 Å². The number of pyridine rings is 1. The summed E-state index contributed by atoms with van der Waals surface area (Å²) in [5, 5.41) is 11.7. The summed E-state index contributed by atoms with van der Waals surface area (Å²) in [5.74, 6) is -1.74. The van der Waals surface area contributed by atoms with Gasteiger partial charge in [0.1, 0.15) is 11.6 Å². The molecule has 1 aliphatic rings. The molecule has 5 rings (SSSR count). The molecule has 0 bridgehead atoms. The first-order chi connectivity index (χ1) is 16.3. The number of hydrogen-bond donors (Lipinski definition) is 1. The lowest BCUT2D eigenvalue weighted by molar-refractivity contribution is -0.117. The number of hydrogen-bond acceptors (Lipinski definition) is 5. The summed E-state index contributed by atoms with van der Waals surface area (Å²) in [7, 11) is 0. The van der Waals surface area contributed by atoms with Gasteiger partial charge in [-0.05, 0) is 47.4 Å². The molecule has 0 aliphatic carbocycles. The topological polar surface area (TPSA) is 83.6 Å². The third-order valence-electron chi connectivity index (χ3n) is 6.08. The van der Waals surface area contributed by atoms with E-state index in [9.17, 15) is 14.7 Å². The minimum absolute atomic E-state index is 0.0531. The molecular formula is C28H24N2O4. The fourth-order valence-electron chi connectivity index (χ4n) is 4.27. The number of nitrogens with zero attached hydrogens (tertiary/aromatic N) is 2. The lowest BCUT2D eigenvalue weighted by Gasteiger charge is -2.27. The van der Waals surface area contributed by atoms with E-state index in [4.69, 9.17) is 4.42 Å². The number of carbonyl (C=O) groups excluding carboxylic acids is 2. The zero-order chi connectivity index (χ0) is 24.0. The molecule has 4 aromatic rings. The van der Waals surface area contributed by atoms with Crippen molar-refractivity contribution in [3.8, 4) is 0 Å². The third kappa shape index (κ3) is 3.57. The van der Waals surface area contributed by atoms with E-state index >= 15 is 0 Å². The number of rotatable bonds is 4. The summed E-state index contributed by atoms with van der Waals surface area (Å²) in [4.78, 5) is 32.7. The number of aromatic nitrogens is 1. The molecule has 1 aliphatic heterocycles. The van der Waals surface area contributed by atoms with E-state index < -0.39 is 23.5 Å². The van der Waals surface area contributed by atoms with Gasteiger partial charge in [0.15, 0.2) is 11.5 Å². The van der Waals surface area contributed by atoms with E-state index in [1.54, 1.807) is 36.5 Å². The van der Waals surface area contributed by atoms with Crippen LogP contribution in [0.4, 0.5) is 5.69 Å². The Morgan fingerprint density at radius 3 is 2.35 bits per heavy atom. The van der Waals surface area contributed by atoms with E-state index in [-0.39, 0.29) is 16.7 Å². The number of benzene rings is 2. The van der Waals surface area contributed by atoms with Crippen LogP contribution in [-0.2, 0) is 10.2 Å². The lowest BCUT2D eigenvalue weighted by Crippen LogP contribution is -2.31. The van der Waals surface area contributed by atoms with Crippen LogP contribution >= 0.6 is 0 Å². The van der Waals surface area contributed by atoms with Crippen molar-refractivity contribution >= 4 is 28.3 Å². The minimum Gasteiger partial charge on any atom is -0.503 e. The fourth-order valence-corrected chi connectivity index (χ4v) is 4.27. The monoisotopic (exact) mass is 452 g/mol. The molecule has 6 nitrogen and oxygen atoms in total. The van der Waals surface area contributed by atoms with Gasteiger partial charge in [-0.1, -0.05) is 57.2 Å². The number of furan rings is 1. The lowest BCUT2D eigenvalue weighted by atomic mass is 9.87. The molecule has 0 radical (unpaired) electrons. The Morgan fingerprint density at radius 1 is 1.00 bits per heavy atom. The average molecular weight is 453 g/mol. The van der Waals surface area contributed by atoms with Crippen molar-refractivity contribution in [3.05, 3.63) is 107 Å². The molecular weight excluding hydrogens is 428 g/mol. The van der Waals surface area contributed by atoms with Gasteiger partial charge in [0.25, 0.3) is 5.91 Å². The van der Waals surface area contributed by atoms with Crippen molar-refractivity contribution in [1.82, 2.24) is 4.98 Å². The fraction of sp³-hybridized carbons (Fsp3) is 0.179. The molecule has 6 heteroatoms. The number of amides is 1. The number of aliphatic hydroxyl groups excluding tert-OH is 1. The van der Waals surface area contributed by atoms with Crippen LogP contribution in [0.25, 0.3) is 11.0 Å². The average Bonchev–Trinajstić information content (AvgIpc) is 3.38. The second-order valence-electron chi connectivity index (χ2n) is 9.37. The highest BCUT2D eigenvalue weighted by Gasteiger charge is 2.46. The Morgan fingerprint density at radius 2 is 1.71 bits per heavy atom. The SMILES string of the molecule is CC(C)(C)c1ccc(N2C(=O)C(O)=C(C(=O)c3cc4ccccc4o3)C2c2ccccn2)cc1. The van der Waals surface area contributed by atoms with Gasteiger partial charge < -0.3 is 9.52 Å². The van der Waals surface area contributed by atoms with E-state index in [0.717, 1.165) is 10.9 Å². The van der Waals surface area contributed by atoms with Gasteiger partial charge in [-0.25, -0.2) is 0 Å². The number of aliphatic hydroxyl groups is 1. The first-order valence-electron chi connectivity index (χ1n) is 11.1. The highest BCUT2D eigenvalue weighted by atomic mass is 16.3. The van der Waals surface area contributed by atoms with Crippen LogP contribution in [0.5, 0.6) is 0 Å². The van der Waals surface area contributed by atoms with Crippen molar-refractivity contribution in [3.63, 3.8) is 0 Å².